The number of carboxylic acid groups (broad SMARTS) is 1. The monoisotopic (exact) mass is 276 g/mol. The van der Waals surface area contributed by atoms with Crippen LogP contribution in [0.25, 0.3) is 11.3 Å². The lowest BCUT2D eigenvalue weighted by Crippen LogP contribution is -2.02. The van der Waals surface area contributed by atoms with Crippen molar-refractivity contribution in [3.05, 3.63) is 35.8 Å². The van der Waals surface area contributed by atoms with Crippen LogP contribution in [-0.2, 0) is 0 Å². The standard InChI is InChI=1S/C14H13FN2O3/c15-10-3-1-2-9(13(10)20-7-8-4-5-8)11-6-12(14(18)19)17-16-11/h1-3,6,8H,4-5,7H2,(H,16,17)(H,18,19). The summed E-state index contributed by atoms with van der Waals surface area (Å²) in [5, 5.41) is 15.2. The molecule has 0 spiro atoms. The minimum atomic E-state index is -1.11. The maximum absolute atomic E-state index is 13.9. The Balaban J connectivity index is 1.93. The molecule has 2 aromatic rings. The first-order valence-corrected chi connectivity index (χ1v) is 6.35. The molecule has 3 rings (SSSR count). The van der Waals surface area contributed by atoms with Crippen molar-refractivity contribution < 1.29 is 19.0 Å². The predicted molar refractivity (Wildman–Crippen MR) is 69.2 cm³/mol. The lowest BCUT2D eigenvalue weighted by atomic mass is 10.1. The third-order valence-electron chi connectivity index (χ3n) is 3.21. The van der Waals surface area contributed by atoms with Gasteiger partial charge < -0.3 is 9.84 Å². The van der Waals surface area contributed by atoms with Gasteiger partial charge in [-0.2, -0.15) is 5.10 Å². The summed E-state index contributed by atoms with van der Waals surface area (Å²) in [7, 11) is 0. The number of aromatic nitrogens is 2. The highest BCUT2D eigenvalue weighted by Gasteiger charge is 2.24. The summed E-state index contributed by atoms with van der Waals surface area (Å²) >= 11 is 0. The Hall–Kier alpha value is -2.37. The zero-order valence-electron chi connectivity index (χ0n) is 10.6. The Morgan fingerprint density at radius 1 is 1.50 bits per heavy atom. The molecule has 6 heteroatoms. The van der Waals surface area contributed by atoms with Gasteiger partial charge in [0.25, 0.3) is 0 Å². The van der Waals surface area contributed by atoms with E-state index in [9.17, 15) is 9.18 Å². The summed E-state index contributed by atoms with van der Waals surface area (Å²) < 4.78 is 19.4. The Morgan fingerprint density at radius 3 is 2.95 bits per heavy atom. The van der Waals surface area contributed by atoms with Crippen molar-refractivity contribution in [1.29, 1.82) is 0 Å². The number of aromatic carboxylic acids is 1. The quantitative estimate of drug-likeness (QED) is 0.880. The van der Waals surface area contributed by atoms with E-state index in [1.165, 1.54) is 12.1 Å². The molecule has 1 saturated carbocycles. The van der Waals surface area contributed by atoms with E-state index in [-0.39, 0.29) is 11.4 Å². The van der Waals surface area contributed by atoms with E-state index >= 15 is 0 Å². The van der Waals surface area contributed by atoms with Gasteiger partial charge in [0.1, 0.15) is 5.69 Å². The van der Waals surface area contributed by atoms with Crippen LogP contribution in [0.3, 0.4) is 0 Å². The van der Waals surface area contributed by atoms with Crippen molar-refractivity contribution in [2.75, 3.05) is 6.61 Å². The van der Waals surface area contributed by atoms with E-state index in [1.807, 2.05) is 0 Å². The van der Waals surface area contributed by atoms with Crippen molar-refractivity contribution in [3.63, 3.8) is 0 Å². The number of para-hydroxylation sites is 1. The van der Waals surface area contributed by atoms with Gasteiger partial charge in [-0.05, 0) is 37.0 Å². The number of benzene rings is 1. The molecule has 20 heavy (non-hydrogen) atoms. The molecule has 104 valence electrons. The Morgan fingerprint density at radius 2 is 2.30 bits per heavy atom. The van der Waals surface area contributed by atoms with Crippen LogP contribution in [0.5, 0.6) is 5.75 Å². The first kappa shape index (κ1) is 12.7. The summed E-state index contributed by atoms with van der Waals surface area (Å²) in [5.74, 6) is -0.956. The second kappa shape index (κ2) is 4.96. The average molecular weight is 276 g/mol. The van der Waals surface area contributed by atoms with Crippen LogP contribution in [0.1, 0.15) is 23.3 Å². The number of rotatable bonds is 5. The number of ether oxygens (including phenoxy) is 1. The van der Waals surface area contributed by atoms with E-state index in [0.29, 0.717) is 23.8 Å². The normalized spacial score (nSPS) is 14.2. The van der Waals surface area contributed by atoms with Crippen molar-refractivity contribution >= 4 is 5.97 Å². The van der Waals surface area contributed by atoms with Crippen LogP contribution in [-0.4, -0.2) is 27.9 Å². The molecule has 1 heterocycles. The van der Waals surface area contributed by atoms with Gasteiger partial charge >= 0.3 is 5.97 Å². The predicted octanol–water partition coefficient (Wildman–Crippen LogP) is 2.70. The third-order valence-corrected chi connectivity index (χ3v) is 3.21. The van der Waals surface area contributed by atoms with Gasteiger partial charge in [0.2, 0.25) is 0 Å². The molecular weight excluding hydrogens is 263 g/mol. The molecule has 0 amide bonds. The van der Waals surface area contributed by atoms with Crippen molar-refractivity contribution in [1.82, 2.24) is 10.2 Å². The van der Waals surface area contributed by atoms with Crippen molar-refractivity contribution in [2.24, 2.45) is 5.92 Å². The third kappa shape index (κ3) is 2.49. The summed E-state index contributed by atoms with van der Waals surface area (Å²) in [5.41, 5.74) is 0.763. The summed E-state index contributed by atoms with van der Waals surface area (Å²) in [6.07, 6.45) is 2.21. The molecule has 1 aromatic carbocycles. The smallest absolute Gasteiger partial charge is 0.353 e. The molecule has 0 saturated heterocycles. The van der Waals surface area contributed by atoms with Crippen molar-refractivity contribution in [2.45, 2.75) is 12.8 Å². The minimum absolute atomic E-state index is 0.0441. The molecule has 1 fully saturated rings. The first-order valence-electron chi connectivity index (χ1n) is 6.35. The fourth-order valence-electron chi connectivity index (χ4n) is 1.91. The van der Waals surface area contributed by atoms with Crippen LogP contribution < -0.4 is 4.74 Å². The summed E-state index contributed by atoms with van der Waals surface area (Å²) in [4.78, 5) is 10.8. The molecule has 0 bridgehead atoms. The van der Waals surface area contributed by atoms with Gasteiger partial charge in [0, 0.05) is 5.56 Å². The van der Waals surface area contributed by atoms with E-state index in [2.05, 4.69) is 10.2 Å². The lowest BCUT2D eigenvalue weighted by molar-refractivity contribution is 0.0690. The SMILES string of the molecule is O=C(O)c1cc(-c2cccc(F)c2OCC2CC2)n[nH]1. The number of carbonyl (C=O) groups is 1. The second-order valence-corrected chi connectivity index (χ2v) is 4.84. The molecule has 5 nitrogen and oxygen atoms in total. The Kier molecular flexibility index (Phi) is 3.14. The van der Waals surface area contributed by atoms with Crippen LogP contribution in [0.2, 0.25) is 0 Å². The molecule has 0 atom stereocenters. The van der Waals surface area contributed by atoms with Gasteiger partial charge in [-0.15, -0.1) is 0 Å². The molecule has 0 unspecified atom stereocenters. The number of H-pyrrole nitrogens is 1. The van der Waals surface area contributed by atoms with E-state index in [0.717, 1.165) is 12.8 Å². The number of nitrogens with zero attached hydrogens (tertiary/aromatic N) is 1. The zero-order valence-corrected chi connectivity index (χ0v) is 10.6. The maximum atomic E-state index is 13.9. The van der Waals surface area contributed by atoms with E-state index in [1.54, 1.807) is 12.1 Å². The van der Waals surface area contributed by atoms with Crippen molar-refractivity contribution in [3.8, 4) is 17.0 Å². The maximum Gasteiger partial charge on any atom is 0.353 e. The van der Waals surface area contributed by atoms with Gasteiger partial charge in [0.15, 0.2) is 11.6 Å². The largest absolute Gasteiger partial charge is 0.490 e. The number of carboxylic acids is 1. The second-order valence-electron chi connectivity index (χ2n) is 4.84. The van der Waals surface area contributed by atoms with Crippen LogP contribution in [0, 0.1) is 11.7 Å². The number of aromatic amines is 1. The van der Waals surface area contributed by atoms with Gasteiger partial charge in [-0.25, -0.2) is 9.18 Å². The fourth-order valence-corrected chi connectivity index (χ4v) is 1.91. The number of nitrogens with one attached hydrogen (secondary N) is 1. The van der Waals surface area contributed by atoms with Gasteiger partial charge in [0.05, 0.1) is 12.3 Å². The Labute approximate surface area is 114 Å². The molecule has 0 aliphatic heterocycles. The van der Waals surface area contributed by atoms with Gasteiger partial charge in [-0.1, -0.05) is 6.07 Å². The summed E-state index contributed by atoms with van der Waals surface area (Å²) in [6.45, 7) is 0.476. The van der Waals surface area contributed by atoms with Crippen LogP contribution >= 0.6 is 0 Å². The van der Waals surface area contributed by atoms with Gasteiger partial charge in [-0.3, -0.25) is 5.10 Å². The number of hydrogen-bond acceptors (Lipinski definition) is 3. The molecule has 0 radical (unpaired) electrons. The molecule has 1 aliphatic rings. The lowest BCUT2D eigenvalue weighted by Gasteiger charge is -2.10. The summed E-state index contributed by atoms with van der Waals surface area (Å²) in [6, 6.07) is 5.88. The molecule has 1 aromatic heterocycles. The van der Waals surface area contributed by atoms with Crippen LogP contribution in [0.4, 0.5) is 4.39 Å². The highest BCUT2D eigenvalue weighted by atomic mass is 19.1. The Bertz CT molecular complexity index is 650. The van der Waals surface area contributed by atoms with E-state index < -0.39 is 11.8 Å². The van der Waals surface area contributed by atoms with Crippen LogP contribution in [0.15, 0.2) is 24.3 Å². The first-order chi connectivity index (χ1) is 9.65. The number of hydrogen-bond donors (Lipinski definition) is 2. The highest BCUT2D eigenvalue weighted by molar-refractivity contribution is 5.87. The number of halogens is 1. The molecular formula is C14H13FN2O3. The highest BCUT2D eigenvalue weighted by Crippen LogP contribution is 2.35. The zero-order chi connectivity index (χ0) is 14.1. The minimum Gasteiger partial charge on any atom is -0.490 e. The topological polar surface area (TPSA) is 75.2 Å². The van der Waals surface area contributed by atoms with E-state index in [4.69, 9.17) is 9.84 Å². The molecule has 1 aliphatic carbocycles. The molecule has 2 N–H and O–H groups in total. The fraction of sp³-hybridized carbons (Fsp3) is 0.286. The average Bonchev–Trinajstić information content (AvgIpc) is 3.11.